The Morgan fingerprint density at radius 2 is 1.75 bits per heavy atom. The Morgan fingerprint density at radius 1 is 1.07 bits per heavy atom. The van der Waals surface area contributed by atoms with Gasteiger partial charge >= 0.3 is 5.97 Å². The van der Waals surface area contributed by atoms with Gasteiger partial charge in [0.05, 0.1) is 17.3 Å². The Hall–Kier alpha value is -3.41. The van der Waals surface area contributed by atoms with Crippen molar-refractivity contribution in [2.24, 2.45) is 0 Å². The molecule has 3 aromatic rings. The zero-order valence-corrected chi connectivity index (χ0v) is 16.1. The van der Waals surface area contributed by atoms with Crippen molar-refractivity contribution in [3.8, 4) is 22.8 Å². The van der Waals surface area contributed by atoms with Crippen LogP contribution in [0.15, 0.2) is 65.2 Å². The highest BCUT2D eigenvalue weighted by Crippen LogP contribution is 2.28. The van der Waals surface area contributed by atoms with E-state index in [1.54, 1.807) is 37.5 Å². The first-order valence-electron chi connectivity index (χ1n) is 9.01. The van der Waals surface area contributed by atoms with E-state index in [4.69, 9.17) is 9.15 Å². The van der Waals surface area contributed by atoms with Crippen LogP contribution in [0.25, 0.3) is 22.8 Å². The molecule has 1 aromatic heterocycles. The van der Waals surface area contributed by atoms with E-state index < -0.39 is 5.97 Å². The van der Waals surface area contributed by atoms with Crippen LogP contribution in [-0.4, -0.2) is 41.5 Å². The van der Waals surface area contributed by atoms with Gasteiger partial charge in [0.15, 0.2) is 12.4 Å². The van der Waals surface area contributed by atoms with Gasteiger partial charge in [-0.3, -0.25) is 4.79 Å². The third kappa shape index (κ3) is 4.28. The van der Waals surface area contributed by atoms with Gasteiger partial charge in [0, 0.05) is 18.7 Å². The number of rotatable bonds is 6. The van der Waals surface area contributed by atoms with E-state index in [2.05, 4.69) is 4.98 Å². The standard InChI is InChI=1S/C22H22N2O4/c1-15(2)24(3)20(25)14-27-22(26)18-12-8-7-11-17(18)21-23-13-19(28-21)16-9-5-4-6-10-16/h4-13,15H,14H2,1-3H3. The fourth-order valence-electron chi connectivity index (χ4n) is 2.58. The van der Waals surface area contributed by atoms with Crippen molar-refractivity contribution < 1.29 is 18.7 Å². The summed E-state index contributed by atoms with van der Waals surface area (Å²) in [6.07, 6.45) is 1.62. The molecule has 0 saturated carbocycles. The number of oxazole rings is 1. The van der Waals surface area contributed by atoms with E-state index in [0.29, 0.717) is 22.8 Å². The topological polar surface area (TPSA) is 72.6 Å². The highest BCUT2D eigenvalue weighted by atomic mass is 16.5. The SMILES string of the molecule is CC(C)N(C)C(=O)COC(=O)c1ccccc1-c1ncc(-c2ccccc2)o1. The molecule has 2 aromatic carbocycles. The molecule has 1 amide bonds. The van der Waals surface area contributed by atoms with Gasteiger partial charge in [-0.25, -0.2) is 9.78 Å². The zero-order chi connectivity index (χ0) is 20.1. The predicted octanol–water partition coefficient (Wildman–Crippen LogP) is 4.03. The van der Waals surface area contributed by atoms with Crippen LogP contribution in [0.3, 0.4) is 0 Å². The van der Waals surface area contributed by atoms with Gasteiger partial charge in [-0.15, -0.1) is 0 Å². The zero-order valence-electron chi connectivity index (χ0n) is 16.1. The number of carbonyl (C=O) groups excluding carboxylic acids is 2. The Morgan fingerprint density at radius 3 is 2.46 bits per heavy atom. The van der Waals surface area contributed by atoms with E-state index in [1.165, 1.54) is 4.90 Å². The van der Waals surface area contributed by atoms with E-state index in [0.717, 1.165) is 5.56 Å². The highest BCUT2D eigenvalue weighted by Gasteiger charge is 2.20. The first-order valence-corrected chi connectivity index (χ1v) is 9.01. The summed E-state index contributed by atoms with van der Waals surface area (Å²) >= 11 is 0. The van der Waals surface area contributed by atoms with Gasteiger partial charge in [0.2, 0.25) is 5.89 Å². The molecule has 6 heteroatoms. The molecule has 6 nitrogen and oxygen atoms in total. The Bertz CT molecular complexity index is 963. The average molecular weight is 378 g/mol. The van der Waals surface area contributed by atoms with E-state index in [1.807, 2.05) is 44.2 Å². The lowest BCUT2D eigenvalue weighted by molar-refractivity contribution is -0.134. The number of aromatic nitrogens is 1. The van der Waals surface area contributed by atoms with E-state index in [9.17, 15) is 9.59 Å². The van der Waals surface area contributed by atoms with Gasteiger partial charge in [-0.05, 0) is 26.0 Å². The van der Waals surface area contributed by atoms with Crippen molar-refractivity contribution in [1.82, 2.24) is 9.88 Å². The molecular weight excluding hydrogens is 356 g/mol. The molecule has 0 aliphatic rings. The first kappa shape index (κ1) is 19.4. The normalized spacial score (nSPS) is 10.7. The second-order valence-corrected chi connectivity index (χ2v) is 6.62. The third-order valence-corrected chi connectivity index (χ3v) is 4.44. The molecule has 0 aliphatic carbocycles. The van der Waals surface area contributed by atoms with Gasteiger partial charge in [0.25, 0.3) is 5.91 Å². The molecule has 0 fully saturated rings. The smallest absolute Gasteiger partial charge is 0.339 e. The molecule has 0 atom stereocenters. The van der Waals surface area contributed by atoms with Gasteiger partial charge in [-0.2, -0.15) is 0 Å². The van der Waals surface area contributed by atoms with Crippen LogP contribution in [-0.2, 0) is 9.53 Å². The minimum absolute atomic E-state index is 0.0298. The van der Waals surface area contributed by atoms with Crippen molar-refractivity contribution in [3.05, 3.63) is 66.4 Å². The molecule has 0 saturated heterocycles. The molecule has 1 heterocycles. The van der Waals surface area contributed by atoms with Crippen LogP contribution < -0.4 is 0 Å². The molecule has 0 spiro atoms. The quantitative estimate of drug-likeness (QED) is 0.606. The van der Waals surface area contributed by atoms with Crippen molar-refractivity contribution in [1.29, 1.82) is 0 Å². The summed E-state index contributed by atoms with van der Waals surface area (Å²) in [4.78, 5) is 30.4. The molecule has 0 aliphatic heterocycles. The van der Waals surface area contributed by atoms with E-state index in [-0.39, 0.29) is 18.6 Å². The third-order valence-electron chi connectivity index (χ3n) is 4.44. The van der Waals surface area contributed by atoms with Gasteiger partial charge in [-0.1, -0.05) is 42.5 Å². The van der Waals surface area contributed by atoms with Crippen molar-refractivity contribution in [2.75, 3.05) is 13.7 Å². The minimum atomic E-state index is -0.597. The molecule has 0 radical (unpaired) electrons. The number of ether oxygens (including phenoxy) is 1. The second-order valence-electron chi connectivity index (χ2n) is 6.62. The average Bonchev–Trinajstić information content (AvgIpc) is 3.22. The fraction of sp³-hybridized carbons (Fsp3) is 0.227. The Labute approximate surface area is 163 Å². The van der Waals surface area contributed by atoms with Crippen molar-refractivity contribution in [3.63, 3.8) is 0 Å². The van der Waals surface area contributed by atoms with Gasteiger partial charge in [0.1, 0.15) is 0 Å². The number of likely N-dealkylation sites (N-methyl/N-ethyl adjacent to an activating group) is 1. The maximum absolute atomic E-state index is 12.6. The minimum Gasteiger partial charge on any atom is -0.452 e. The van der Waals surface area contributed by atoms with E-state index >= 15 is 0 Å². The fourth-order valence-corrected chi connectivity index (χ4v) is 2.58. The van der Waals surface area contributed by atoms with Crippen LogP contribution in [0.5, 0.6) is 0 Å². The first-order chi connectivity index (χ1) is 13.5. The number of hydrogen-bond acceptors (Lipinski definition) is 5. The molecule has 3 rings (SSSR count). The molecule has 28 heavy (non-hydrogen) atoms. The molecular formula is C22H22N2O4. The maximum atomic E-state index is 12.6. The largest absolute Gasteiger partial charge is 0.452 e. The van der Waals surface area contributed by atoms with Gasteiger partial charge < -0.3 is 14.1 Å². The Kier molecular flexibility index (Phi) is 5.89. The van der Waals surface area contributed by atoms with Crippen LogP contribution >= 0.6 is 0 Å². The van der Waals surface area contributed by atoms with Crippen molar-refractivity contribution in [2.45, 2.75) is 19.9 Å². The number of amides is 1. The Balaban J connectivity index is 1.79. The summed E-state index contributed by atoms with van der Waals surface area (Å²) in [5, 5.41) is 0. The lowest BCUT2D eigenvalue weighted by Gasteiger charge is -2.21. The molecule has 0 bridgehead atoms. The number of carbonyl (C=O) groups is 2. The summed E-state index contributed by atoms with van der Waals surface area (Å²) in [5.74, 6) is 0.0634. The number of nitrogens with zero attached hydrogens (tertiary/aromatic N) is 2. The summed E-state index contributed by atoms with van der Waals surface area (Å²) < 4.78 is 11.1. The predicted molar refractivity (Wildman–Crippen MR) is 106 cm³/mol. The summed E-state index contributed by atoms with van der Waals surface area (Å²) in [6, 6.07) is 16.5. The number of benzene rings is 2. The summed E-state index contributed by atoms with van der Waals surface area (Å²) in [7, 11) is 1.67. The van der Waals surface area contributed by atoms with Crippen LogP contribution in [0, 0.1) is 0 Å². The monoisotopic (exact) mass is 378 g/mol. The lowest BCUT2D eigenvalue weighted by atomic mass is 10.1. The van der Waals surface area contributed by atoms with Crippen LogP contribution in [0.1, 0.15) is 24.2 Å². The van der Waals surface area contributed by atoms with Crippen LogP contribution in [0.2, 0.25) is 0 Å². The summed E-state index contributed by atoms with van der Waals surface area (Å²) in [6.45, 7) is 3.46. The van der Waals surface area contributed by atoms with Crippen molar-refractivity contribution >= 4 is 11.9 Å². The molecule has 0 unspecified atom stereocenters. The maximum Gasteiger partial charge on any atom is 0.339 e. The molecule has 144 valence electrons. The number of esters is 1. The molecule has 0 N–H and O–H groups in total. The highest BCUT2D eigenvalue weighted by molar-refractivity contribution is 5.97. The lowest BCUT2D eigenvalue weighted by Crippen LogP contribution is -2.36. The second kappa shape index (κ2) is 8.52. The van der Waals surface area contributed by atoms with Crippen LogP contribution in [0.4, 0.5) is 0 Å². The summed E-state index contributed by atoms with van der Waals surface area (Å²) in [5.41, 5.74) is 1.70. The number of hydrogen-bond donors (Lipinski definition) is 0.